The predicted molar refractivity (Wildman–Crippen MR) is 125 cm³/mol. The van der Waals surface area contributed by atoms with E-state index in [9.17, 15) is 0 Å². The minimum Gasteiger partial charge on any atom is -0.497 e. The van der Waals surface area contributed by atoms with E-state index in [0.717, 1.165) is 59.1 Å². The molecule has 162 valence electrons. The van der Waals surface area contributed by atoms with Crippen LogP contribution in [0.1, 0.15) is 12.0 Å². The van der Waals surface area contributed by atoms with Gasteiger partial charge >= 0.3 is 0 Å². The van der Waals surface area contributed by atoms with Crippen molar-refractivity contribution in [3.63, 3.8) is 0 Å². The lowest BCUT2D eigenvalue weighted by molar-refractivity contribution is 0.394. The first-order valence-electron chi connectivity index (χ1n) is 10.5. The molecule has 1 fully saturated rings. The second-order valence-electron chi connectivity index (χ2n) is 7.56. The number of methoxy groups -OCH3 is 2. The summed E-state index contributed by atoms with van der Waals surface area (Å²) in [5, 5.41) is 8.13. The summed E-state index contributed by atoms with van der Waals surface area (Å²) in [6, 6.07) is 16.6. The third-order valence-corrected chi connectivity index (χ3v) is 5.62. The van der Waals surface area contributed by atoms with Crippen LogP contribution in [0.3, 0.4) is 0 Å². The maximum atomic E-state index is 5.41. The average Bonchev–Trinajstić information content (AvgIpc) is 3.30. The number of aromatic nitrogens is 1. The highest BCUT2D eigenvalue weighted by molar-refractivity contribution is 5.83. The first-order chi connectivity index (χ1) is 15.2. The monoisotopic (exact) mass is 419 g/mol. The molecule has 1 unspecified atom stereocenters. The van der Waals surface area contributed by atoms with Gasteiger partial charge in [0.1, 0.15) is 11.5 Å². The normalized spacial score (nSPS) is 16.4. The summed E-state index contributed by atoms with van der Waals surface area (Å²) in [4.78, 5) is 11.3. The first-order valence-corrected chi connectivity index (χ1v) is 10.5. The number of hydrogen-bond acceptors (Lipinski definition) is 5. The van der Waals surface area contributed by atoms with Crippen molar-refractivity contribution in [3.8, 4) is 11.5 Å². The maximum Gasteiger partial charge on any atom is 0.191 e. The zero-order chi connectivity index (χ0) is 21.6. The van der Waals surface area contributed by atoms with Gasteiger partial charge in [0.25, 0.3) is 0 Å². The molecule has 2 heterocycles. The number of pyridine rings is 1. The standard InChI is InChI=1S/C24H29N5O2/c1-25-24(27-15-18-7-4-6-17-8-5-10-26-23(17)18)28-19-9-11-29(16-19)20-12-21(30-2)14-22(13-20)31-3/h4-8,10,12-14,19H,9,11,15-16H2,1-3H3,(H2,25,27,28). The lowest BCUT2D eigenvalue weighted by atomic mass is 10.1. The van der Waals surface area contributed by atoms with Crippen LogP contribution in [0.15, 0.2) is 59.7 Å². The van der Waals surface area contributed by atoms with Crippen LogP contribution in [-0.2, 0) is 6.54 Å². The number of hydrogen-bond donors (Lipinski definition) is 2. The molecule has 3 aromatic rings. The van der Waals surface area contributed by atoms with Gasteiger partial charge < -0.3 is 25.0 Å². The van der Waals surface area contributed by atoms with E-state index in [4.69, 9.17) is 9.47 Å². The van der Waals surface area contributed by atoms with Crippen LogP contribution < -0.4 is 25.0 Å². The largest absolute Gasteiger partial charge is 0.497 e. The number of guanidine groups is 1. The summed E-state index contributed by atoms with van der Waals surface area (Å²) in [7, 11) is 5.15. The molecular formula is C24H29N5O2. The molecule has 0 amide bonds. The zero-order valence-electron chi connectivity index (χ0n) is 18.3. The average molecular weight is 420 g/mol. The molecule has 7 nitrogen and oxygen atoms in total. The van der Waals surface area contributed by atoms with E-state index in [0.29, 0.717) is 12.6 Å². The van der Waals surface area contributed by atoms with E-state index in [1.807, 2.05) is 30.5 Å². The van der Waals surface area contributed by atoms with Crippen molar-refractivity contribution in [1.82, 2.24) is 15.6 Å². The molecule has 0 spiro atoms. The Morgan fingerprint density at radius 3 is 2.65 bits per heavy atom. The van der Waals surface area contributed by atoms with E-state index in [-0.39, 0.29) is 0 Å². The van der Waals surface area contributed by atoms with Crippen LogP contribution in [-0.4, -0.2) is 51.3 Å². The van der Waals surface area contributed by atoms with Crippen molar-refractivity contribution in [3.05, 3.63) is 60.3 Å². The van der Waals surface area contributed by atoms with Crippen LogP contribution in [0.25, 0.3) is 10.9 Å². The summed E-state index contributed by atoms with van der Waals surface area (Å²) in [6.07, 6.45) is 2.86. The number of nitrogens with one attached hydrogen (secondary N) is 2. The smallest absolute Gasteiger partial charge is 0.191 e. The number of fused-ring (bicyclic) bond motifs is 1. The van der Waals surface area contributed by atoms with Gasteiger partial charge in [0.15, 0.2) is 5.96 Å². The molecule has 0 bridgehead atoms. The summed E-state index contributed by atoms with van der Waals surface area (Å²) in [5.41, 5.74) is 3.27. The van der Waals surface area contributed by atoms with Crippen LogP contribution in [0.4, 0.5) is 5.69 Å². The van der Waals surface area contributed by atoms with Gasteiger partial charge in [-0.3, -0.25) is 9.98 Å². The molecule has 1 aromatic heterocycles. The lowest BCUT2D eigenvalue weighted by Crippen LogP contribution is -2.44. The van der Waals surface area contributed by atoms with Crippen molar-refractivity contribution in [1.29, 1.82) is 0 Å². The van der Waals surface area contributed by atoms with Crippen molar-refractivity contribution in [2.75, 3.05) is 39.3 Å². The molecule has 1 atom stereocenters. The summed E-state index contributed by atoms with van der Waals surface area (Å²) < 4.78 is 10.8. The highest BCUT2D eigenvalue weighted by atomic mass is 16.5. The third-order valence-electron chi connectivity index (χ3n) is 5.62. The minimum absolute atomic E-state index is 0.300. The van der Waals surface area contributed by atoms with E-state index in [2.05, 4.69) is 49.8 Å². The summed E-state index contributed by atoms with van der Waals surface area (Å²) in [6.45, 7) is 2.50. The minimum atomic E-state index is 0.300. The third kappa shape index (κ3) is 4.82. The Morgan fingerprint density at radius 1 is 1.13 bits per heavy atom. The summed E-state index contributed by atoms with van der Waals surface area (Å²) >= 11 is 0. The van der Waals surface area contributed by atoms with Gasteiger partial charge in [-0.15, -0.1) is 0 Å². The van der Waals surface area contributed by atoms with Gasteiger partial charge in [-0.25, -0.2) is 0 Å². The number of rotatable bonds is 6. The van der Waals surface area contributed by atoms with Gasteiger partial charge in [-0.1, -0.05) is 24.3 Å². The van der Waals surface area contributed by atoms with Gasteiger partial charge in [0.2, 0.25) is 0 Å². The fourth-order valence-electron chi connectivity index (χ4n) is 3.96. The van der Waals surface area contributed by atoms with E-state index < -0.39 is 0 Å². The van der Waals surface area contributed by atoms with Crippen LogP contribution >= 0.6 is 0 Å². The summed E-state index contributed by atoms with van der Waals surface area (Å²) in [5.74, 6) is 2.39. The van der Waals surface area contributed by atoms with Gasteiger partial charge in [0.05, 0.1) is 19.7 Å². The van der Waals surface area contributed by atoms with Gasteiger partial charge in [-0.2, -0.15) is 0 Å². The second-order valence-corrected chi connectivity index (χ2v) is 7.56. The van der Waals surface area contributed by atoms with Crippen molar-refractivity contribution in [2.24, 2.45) is 4.99 Å². The number of nitrogens with zero attached hydrogens (tertiary/aromatic N) is 3. The number of ether oxygens (including phenoxy) is 2. The molecule has 4 rings (SSSR count). The highest BCUT2D eigenvalue weighted by Crippen LogP contribution is 2.30. The predicted octanol–water partition coefficient (Wildman–Crippen LogP) is 3.20. The number of anilines is 1. The maximum absolute atomic E-state index is 5.41. The fourth-order valence-corrected chi connectivity index (χ4v) is 3.96. The SMILES string of the molecule is CN=C(NCc1cccc2cccnc12)NC1CCN(c2cc(OC)cc(OC)c2)C1. The lowest BCUT2D eigenvalue weighted by Gasteiger charge is -2.21. The Morgan fingerprint density at radius 2 is 1.90 bits per heavy atom. The first kappa shape index (κ1) is 20.8. The van der Waals surface area contributed by atoms with Crippen LogP contribution in [0.5, 0.6) is 11.5 Å². The topological polar surface area (TPSA) is 71.0 Å². The number of benzene rings is 2. The molecule has 1 saturated heterocycles. The zero-order valence-corrected chi connectivity index (χ0v) is 18.3. The van der Waals surface area contributed by atoms with Gasteiger partial charge in [0, 0.05) is 68.2 Å². The molecule has 31 heavy (non-hydrogen) atoms. The molecule has 0 radical (unpaired) electrons. The molecule has 1 aliphatic rings. The molecule has 2 N–H and O–H groups in total. The van der Waals surface area contributed by atoms with Crippen molar-refractivity contribution >= 4 is 22.5 Å². The quantitative estimate of drug-likeness (QED) is 0.472. The van der Waals surface area contributed by atoms with Crippen molar-refractivity contribution < 1.29 is 9.47 Å². The molecule has 0 aliphatic carbocycles. The molecular weight excluding hydrogens is 390 g/mol. The van der Waals surface area contributed by atoms with E-state index in [1.165, 1.54) is 0 Å². The van der Waals surface area contributed by atoms with E-state index in [1.54, 1.807) is 21.3 Å². The van der Waals surface area contributed by atoms with E-state index >= 15 is 0 Å². The molecule has 1 aliphatic heterocycles. The fraction of sp³-hybridized carbons (Fsp3) is 0.333. The highest BCUT2D eigenvalue weighted by Gasteiger charge is 2.24. The number of aliphatic imine (C=N–C) groups is 1. The Balaban J connectivity index is 1.38. The second kappa shape index (κ2) is 9.55. The Labute approximate surface area is 183 Å². The Bertz CT molecular complexity index is 1040. The van der Waals surface area contributed by atoms with Gasteiger partial charge in [-0.05, 0) is 18.1 Å². The van der Waals surface area contributed by atoms with Crippen LogP contribution in [0, 0.1) is 0 Å². The number of para-hydroxylation sites is 1. The molecule has 7 heteroatoms. The van der Waals surface area contributed by atoms with Crippen molar-refractivity contribution in [2.45, 2.75) is 19.0 Å². The van der Waals surface area contributed by atoms with Crippen LogP contribution in [0.2, 0.25) is 0 Å². The molecule has 2 aromatic carbocycles. The molecule has 0 saturated carbocycles. The Kier molecular flexibility index (Phi) is 6.40. The Hall–Kier alpha value is -3.48.